The van der Waals surface area contributed by atoms with Crippen LogP contribution in [0.5, 0.6) is 0 Å². The van der Waals surface area contributed by atoms with Crippen LogP contribution in [0, 0.1) is 0 Å². The van der Waals surface area contributed by atoms with E-state index in [4.69, 9.17) is 0 Å². The van der Waals surface area contributed by atoms with Gasteiger partial charge in [-0.15, -0.1) is 0 Å². The third-order valence-corrected chi connectivity index (χ3v) is 4.08. The van der Waals surface area contributed by atoms with Crippen molar-refractivity contribution in [2.75, 3.05) is 0 Å². The second kappa shape index (κ2) is 5.66. The van der Waals surface area contributed by atoms with Crippen LogP contribution in [0.1, 0.15) is 37.8 Å². The monoisotopic (exact) mass is 262 g/mol. The predicted octanol–water partition coefficient (Wildman–Crippen LogP) is 5.90. The summed E-state index contributed by atoms with van der Waals surface area (Å²) < 4.78 is 0. The molecular formula is C20H22. The molecule has 20 heavy (non-hydrogen) atoms. The predicted molar refractivity (Wildman–Crippen MR) is 89.4 cm³/mol. The summed E-state index contributed by atoms with van der Waals surface area (Å²) >= 11 is 0. The van der Waals surface area contributed by atoms with Crippen molar-refractivity contribution >= 4 is 21.5 Å². The van der Waals surface area contributed by atoms with Crippen LogP contribution in [0.2, 0.25) is 0 Å². The van der Waals surface area contributed by atoms with Crippen molar-refractivity contribution in [1.29, 1.82) is 0 Å². The topological polar surface area (TPSA) is 0 Å². The summed E-state index contributed by atoms with van der Waals surface area (Å²) in [4.78, 5) is 0. The second-order valence-corrected chi connectivity index (χ2v) is 5.63. The van der Waals surface area contributed by atoms with Crippen LogP contribution in [-0.4, -0.2) is 0 Å². The van der Waals surface area contributed by atoms with Crippen molar-refractivity contribution < 1.29 is 0 Å². The van der Waals surface area contributed by atoms with Gasteiger partial charge in [0.1, 0.15) is 0 Å². The molecular weight excluding hydrogens is 240 g/mol. The van der Waals surface area contributed by atoms with Crippen molar-refractivity contribution in [3.8, 4) is 0 Å². The van der Waals surface area contributed by atoms with Gasteiger partial charge in [0.25, 0.3) is 0 Å². The summed E-state index contributed by atoms with van der Waals surface area (Å²) in [7, 11) is 0. The minimum Gasteiger partial charge on any atom is -0.0651 e. The van der Waals surface area contributed by atoms with Crippen LogP contribution in [0.25, 0.3) is 21.5 Å². The minimum absolute atomic E-state index is 1.16. The van der Waals surface area contributed by atoms with Gasteiger partial charge in [-0.05, 0) is 51.6 Å². The molecule has 0 bridgehead atoms. The lowest BCUT2D eigenvalue weighted by atomic mass is 9.92. The summed E-state index contributed by atoms with van der Waals surface area (Å²) in [5.74, 6) is 0. The van der Waals surface area contributed by atoms with Crippen molar-refractivity contribution in [2.24, 2.45) is 0 Å². The van der Waals surface area contributed by atoms with Crippen LogP contribution in [0.4, 0.5) is 0 Å². The highest BCUT2D eigenvalue weighted by Crippen LogP contribution is 2.30. The summed E-state index contributed by atoms with van der Waals surface area (Å²) in [5, 5.41) is 5.63. The highest BCUT2D eigenvalue weighted by Gasteiger charge is 2.07. The Balaban J connectivity index is 2.33. The maximum atomic E-state index is 2.41. The molecule has 0 aliphatic heterocycles. The van der Waals surface area contributed by atoms with Crippen molar-refractivity contribution in [1.82, 2.24) is 0 Å². The summed E-state index contributed by atoms with van der Waals surface area (Å²) in [6.45, 7) is 4.51. The van der Waals surface area contributed by atoms with Gasteiger partial charge >= 0.3 is 0 Å². The highest BCUT2D eigenvalue weighted by molar-refractivity contribution is 6.02. The third kappa shape index (κ3) is 2.31. The van der Waals surface area contributed by atoms with Gasteiger partial charge in [-0.2, -0.15) is 0 Å². The van der Waals surface area contributed by atoms with E-state index >= 15 is 0 Å². The minimum atomic E-state index is 1.16. The molecule has 0 aromatic heterocycles. The third-order valence-electron chi connectivity index (χ3n) is 4.08. The van der Waals surface area contributed by atoms with Gasteiger partial charge in [0.15, 0.2) is 0 Å². The largest absolute Gasteiger partial charge is 0.0651 e. The first kappa shape index (κ1) is 13.2. The SMILES string of the molecule is CCCc1ccc2cc3ccccc3c(CCC)c2c1. The fourth-order valence-electron chi connectivity index (χ4n) is 3.16. The standard InChI is InChI=1S/C20H22/c1-3-7-15-11-12-17-14-16-9-5-6-10-18(16)19(8-4-2)20(17)13-15/h5-6,9-14H,3-4,7-8H2,1-2H3. The fourth-order valence-corrected chi connectivity index (χ4v) is 3.16. The lowest BCUT2D eigenvalue weighted by molar-refractivity contribution is 0.920. The van der Waals surface area contributed by atoms with E-state index in [9.17, 15) is 0 Å². The van der Waals surface area contributed by atoms with E-state index in [1.807, 2.05) is 0 Å². The quantitative estimate of drug-likeness (QED) is 0.514. The molecule has 3 aromatic rings. The van der Waals surface area contributed by atoms with Crippen LogP contribution < -0.4 is 0 Å². The molecule has 0 unspecified atom stereocenters. The fraction of sp³-hybridized carbons (Fsp3) is 0.300. The molecule has 0 aliphatic rings. The Morgan fingerprint density at radius 1 is 0.700 bits per heavy atom. The average molecular weight is 262 g/mol. The molecule has 3 rings (SSSR count). The van der Waals surface area contributed by atoms with Gasteiger partial charge in [-0.25, -0.2) is 0 Å². The van der Waals surface area contributed by atoms with Gasteiger partial charge < -0.3 is 0 Å². The van der Waals surface area contributed by atoms with Gasteiger partial charge in [0.05, 0.1) is 0 Å². The smallest absolute Gasteiger partial charge is 0.0143 e. The maximum Gasteiger partial charge on any atom is -0.0143 e. The molecule has 0 amide bonds. The van der Waals surface area contributed by atoms with E-state index in [0.29, 0.717) is 0 Å². The second-order valence-electron chi connectivity index (χ2n) is 5.63. The van der Waals surface area contributed by atoms with E-state index in [1.54, 1.807) is 0 Å². The molecule has 3 aromatic carbocycles. The van der Waals surface area contributed by atoms with E-state index in [1.165, 1.54) is 51.9 Å². The van der Waals surface area contributed by atoms with Crippen LogP contribution in [0.15, 0.2) is 48.5 Å². The number of aryl methyl sites for hydroxylation is 2. The van der Waals surface area contributed by atoms with E-state index in [-0.39, 0.29) is 0 Å². The number of hydrogen-bond acceptors (Lipinski definition) is 0. The summed E-state index contributed by atoms with van der Waals surface area (Å²) in [6, 6.07) is 18.1. The van der Waals surface area contributed by atoms with E-state index in [2.05, 4.69) is 62.4 Å². The molecule has 0 aliphatic carbocycles. The molecule has 0 heterocycles. The lowest BCUT2D eigenvalue weighted by Gasteiger charge is -2.12. The molecule has 0 spiro atoms. The van der Waals surface area contributed by atoms with Crippen molar-refractivity contribution in [3.63, 3.8) is 0 Å². The molecule has 0 heteroatoms. The van der Waals surface area contributed by atoms with Crippen LogP contribution in [0.3, 0.4) is 0 Å². The zero-order chi connectivity index (χ0) is 13.9. The summed E-state index contributed by atoms with van der Waals surface area (Å²) in [5.41, 5.74) is 2.99. The molecule has 0 radical (unpaired) electrons. The molecule has 0 fully saturated rings. The first-order valence-electron chi connectivity index (χ1n) is 7.76. The van der Waals surface area contributed by atoms with Crippen molar-refractivity contribution in [2.45, 2.75) is 39.5 Å². The Kier molecular flexibility index (Phi) is 3.73. The Bertz CT molecular complexity index is 737. The Labute approximate surface area is 121 Å². The first-order valence-corrected chi connectivity index (χ1v) is 7.76. The summed E-state index contributed by atoms with van der Waals surface area (Å²) in [6.07, 6.45) is 4.74. The van der Waals surface area contributed by atoms with Gasteiger partial charge in [-0.3, -0.25) is 0 Å². The molecule has 0 saturated carbocycles. The first-order chi connectivity index (χ1) is 9.83. The van der Waals surface area contributed by atoms with Crippen LogP contribution in [-0.2, 0) is 12.8 Å². The maximum absolute atomic E-state index is 2.41. The molecule has 0 saturated heterocycles. The van der Waals surface area contributed by atoms with Gasteiger partial charge in [0, 0.05) is 0 Å². The van der Waals surface area contributed by atoms with E-state index < -0.39 is 0 Å². The molecule has 102 valence electrons. The van der Waals surface area contributed by atoms with Gasteiger partial charge in [0.2, 0.25) is 0 Å². The number of hydrogen-bond donors (Lipinski definition) is 0. The zero-order valence-electron chi connectivity index (χ0n) is 12.4. The zero-order valence-corrected chi connectivity index (χ0v) is 12.4. The highest BCUT2D eigenvalue weighted by atomic mass is 14.1. The number of fused-ring (bicyclic) bond motifs is 2. The van der Waals surface area contributed by atoms with Crippen molar-refractivity contribution in [3.05, 3.63) is 59.7 Å². The Morgan fingerprint density at radius 3 is 2.25 bits per heavy atom. The Morgan fingerprint density at radius 2 is 1.45 bits per heavy atom. The average Bonchev–Trinajstić information content (AvgIpc) is 2.48. The Hall–Kier alpha value is -1.82. The number of rotatable bonds is 4. The molecule has 0 N–H and O–H groups in total. The molecule has 0 nitrogen and oxygen atoms in total. The van der Waals surface area contributed by atoms with E-state index in [0.717, 1.165) is 6.42 Å². The van der Waals surface area contributed by atoms with Gasteiger partial charge in [-0.1, -0.05) is 69.2 Å². The lowest BCUT2D eigenvalue weighted by Crippen LogP contribution is -1.91. The molecule has 0 atom stereocenters. The normalized spacial score (nSPS) is 11.3. The van der Waals surface area contributed by atoms with Crippen LogP contribution >= 0.6 is 0 Å². The number of benzene rings is 3.